The van der Waals surface area contributed by atoms with Crippen molar-refractivity contribution in [3.8, 4) is 0 Å². The Morgan fingerprint density at radius 1 is 0.947 bits per heavy atom. The standard InChI is InChI=1S/C17H22N2/c1-2-4-8-15(9-5-3-1)19-16-10-11-17-14(13-16)7-6-12-18-17/h6-7,10-13,15,19H,1-5,8-9H2. The topological polar surface area (TPSA) is 24.9 Å². The molecule has 0 amide bonds. The number of benzene rings is 1. The smallest absolute Gasteiger partial charge is 0.0703 e. The van der Waals surface area contributed by atoms with Crippen LogP contribution in [0.25, 0.3) is 10.9 Å². The van der Waals surface area contributed by atoms with Crippen LogP contribution in [-0.4, -0.2) is 11.0 Å². The predicted molar refractivity (Wildman–Crippen MR) is 81.5 cm³/mol. The molecule has 2 nitrogen and oxygen atoms in total. The van der Waals surface area contributed by atoms with E-state index in [1.807, 2.05) is 12.3 Å². The van der Waals surface area contributed by atoms with Gasteiger partial charge in [-0.1, -0.05) is 38.2 Å². The van der Waals surface area contributed by atoms with E-state index in [1.54, 1.807) is 0 Å². The summed E-state index contributed by atoms with van der Waals surface area (Å²) in [5.41, 5.74) is 2.32. The lowest BCUT2D eigenvalue weighted by Crippen LogP contribution is -2.20. The second kappa shape index (κ2) is 6.05. The molecule has 1 aliphatic carbocycles. The molecule has 2 aromatic rings. The van der Waals surface area contributed by atoms with Crippen molar-refractivity contribution >= 4 is 16.6 Å². The summed E-state index contributed by atoms with van der Waals surface area (Å²) in [4.78, 5) is 4.37. The van der Waals surface area contributed by atoms with E-state index in [-0.39, 0.29) is 0 Å². The van der Waals surface area contributed by atoms with Crippen LogP contribution in [0.5, 0.6) is 0 Å². The molecule has 1 aromatic carbocycles. The van der Waals surface area contributed by atoms with Gasteiger partial charge in [-0.25, -0.2) is 0 Å². The molecular formula is C17H22N2. The number of hydrogen-bond acceptors (Lipinski definition) is 2. The first-order valence-corrected chi connectivity index (χ1v) is 7.53. The lowest BCUT2D eigenvalue weighted by Gasteiger charge is -2.22. The average molecular weight is 254 g/mol. The number of rotatable bonds is 2. The highest BCUT2D eigenvalue weighted by Crippen LogP contribution is 2.23. The minimum atomic E-state index is 0.648. The number of anilines is 1. The summed E-state index contributed by atoms with van der Waals surface area (Å²) >= 11 is 0. The number of aromatic nitrogens is 1. The van der Waals surface area contributed by atoms with Gasteiger partial charge in [-0.2, -0.15) is 0 Å². The summed E-state index contributed by atoms with van der Waals surface area (Å²) in [7, 11) is 0. The third-order valence-corrected chi connectivity index (χ3v) is 4.08. The van der Waals surface area contributed by atoms with Crippen LogP contribution in [0, 0.1) is 0 Å². The molecule has 19 heavy (non-hydrogen) atoms. The van der Waals surface area contributed by atoms with Crippen molar-refractivity contribution < 1.29 is 0 Å². The van der Waals surface area contributed by atoms with E-state index in [4.69, 9.17) is 0 Å². The molecule has 0 unspecified atom stereocenters. The van der Waals surface area contributed by atoms with Crippen molar-refractivity contribution in [2.45, 2.75) is 51.0 Å². The van der Waals surface area contributed by atoms with Gasteiger partial charge in [0.25, 0.3) is 0 Å². The molecule has 1 N–H and O–H groups in total. The fourth-order valence-electron chi connectivity index (χ4n) is 3.00. The highest BCUT2D eigenvalue weighted by molar-refractivity contribution is 5.82. The van der Waals surface area contributed by atoms with Gasteiger partial charge in [0.2, 0.25) is 0 Å². The molecule has 1 aromatic heterocycles. The molecule has 0 radical (unpaired) electrons. The van der Waals surface area contributed by atoms with Crippen LogP contribution in [-0.2, 0) is 0 Å². The first-order chi connectivity index (χ1) is 9.42. The Bertz CT molecular complexity index is 528. The van der Waals surface area contributed by atoms with Crippen LogP contribution in [0.4, 0.5) is 5.69 Å². The van der Waals surface area contributed by atoms with E-state index in [0.717, 1.165) is 5.52 Å². The Hall–Kier alpha value is -1.57. The van der Waals surface area contributed by atoms with Gasteiger partial charge in [-0.15, -0.1) is 0 Å². The van der Waals surface area contributed by atoms with E-state index in [0.29, 0.717) is 6.04 Å². The summed E-state index contributed by atoms with van der Waals surface area (Å²) in [5.74, 6) is 0. The van der Waals surface area contributed by atoms with Gasteiger partial charge < -0.3 is 5.32 Å². The van der Waals surface area contributed by atoms with E-state index in [2.05, 4.69) is 34.6 Å². The number of nitrogens with zero attached hydrogens (tertiary/aromatic N) is 1. The largest absolute Gasteiger partial charge is 0.382 e. The van der Waals surface area contributed by atoms with Crippen molar-refractivity contribution in [3.63, 3.8) is 0 Å². The second-order valence-corrected chi connectivity index (χ2v) is 5.60. The fourth-order valence-corrected chi connectivity index (χ4v) is 3.00. The highest BCUT2D eigenvalue weighted by atomic mass is 14.9. The molecule has 0 bridgehead atoms. The van der Waals surface area contributed by atoms with Crippen LogP contribution >= 0.6 is 0 Å². The Morgan fingerprint density at radius 3 is 2.58 bits per heavy atom. The Labute approximate surface area is 115 Å². The minimum absolute atomic E-state index is 0.648. The van der Waals surface area contributed by atoms with Crippen LogP contribution in [0.3, 0.4) is 0 Å². The molecule has 0 aliphatic heterocycles. The van der Waals surface area contributed by atoms with Gasteiger partial charge in [0, 0.05) is 23.3 Å². The van der Waals surface area contributed by atoms with Crippen LogP contribution < -0.4 is 5.32 Å². The Kier molecular flexibility index (Phi) is 3.97. The number of nitrogens with one attached hydrogen (secondary N) is 1. The molecule has 1 heterocycles. The molecule has 1 aliphatic rings. The molecule has 0 spiro atoms. The summed E-state index contributed by atoms with van der Waals surface area (Å²) in [6, 6.07) is 11.3. The summed E-state index contributed by atoms with van der Waals surface area (Å²) in [6.45, 7) is 0. The van der Waals surface area contributed by atoms with Gasteiger partial charge in [-0.3, -0.25) is 4.98 Å². The highest BCUT2D eigenvalue weighted by Gasteiger charge is 2.11. The number of hydrogen-bond donors (Lipinski definition) is 1. The van der Waals surface area contributed by atoms with Crippen molar-refractivity contribution in [3.05, 3.63) is 36.5 Å². The monoisotopic (exact) mass is 254 g/mol. The van der Waals surface area contributed by atoms with Gasteiger partial charge in [0.05, 0.1) is 5.52 Å². The van der Waals surface area contributed by atoms with Crippen LogP contribution in [0.1, 0.15) is 44.9 Å². The summed E-state index contributed by atoms with van der Waals surface area (Å²) < 4.78 is 0. The van der Waals surface area contributed by atoms with E-state index in [9.17, 15) is 0 Å². The molecule has 0 atom stereocenters. The first kappa shape index (κ1) is 12.5. The lowest BCUT2D eigenvalue weighted by atomic mass is 9.96. The zero-order chi connectivity index (χ0) is 12.9. The maximum Gasteiger partial charge on any atom is 0.0703 e. The van der Waals surface area contributed by atoms with E-state index < -0.39 is 0 Å². The molecule has 1 fully saturated rings. The molecule has 100 valence electrons. The maximum absolute atomic E-state index is 4.37. The van der Waals surface area contributed by atoms with E-state index in [1.165, 1.54) is 56.0 Å². The second-order valence-electron chi connectivity index (χ2n) is 5.60. The fraction of sp³-hybridized carbons (Fsp3) is 0.471. The number of pyridine rings is 1. The van der Waals surface area contributed by atoms with Gasteiger partial charge >= 0.3 is 0 Å². The zero-order valence-corrected chi connectivity index (χ0v) is 11.4. The summed E-state index contributed by atoms with van der Waals surface area (Å²) in [5, 5.41) is 4.93. The minimum Gasteiger partial charge on any atom is -0.382 e. The molecule has 1 saturated carbocycles. The Morgan fingerprint density at radius 2 is 1.74 bits per heavy atom. The number of fused-ring (bicyclic) bond motifs is 1. The van der Waals surface area contributed by atoms with Crippen molar-refractivity contribution in [1.82, 2.24) is 4.98 Å². The zero-order valence-electron chi connectivity index (χ0n) is 11.4. The Balaban J connectivity index is 1.72. The maximum atomic E-state index is 4.37. The molecule has 3 rings (SSSR count). The van der Waals surface area contributed by atoms with Gasteiger partial charge in [-0.05, 0) is 37.1 Å². The van der Waals surface area contributed by atoms with Crippen molar-refractivity contribution in [2.75, 3.05) is 5.32 Å². The molecular weight excluding hydrogens is 232 g/mol. The van der Waals surface area contributed by atoms with Crippen molar-refractivity contribution in [1.29, 1.82) is 0 Å². The lowest BCUT2D eigenvalue weighted by molar-refractivity contribution is 0.471. The average Bonchev–Trinajstić information content (AvgIpc) is 2.41. The third-order valence-electron chi connectivity index (χ3n) is 4.08. The quantitative estimate of drug-likeness (QED) is 0.835. The molecule has 0 saturated heterocycles. The predicted octanol–water partition coefficient (Wildman–Crippen LogP) is 4.76. The summed E-state index contributed by atoms with van der Waals surface area (Å²) in [6.07, 6.45) is 11.4. The molecule has 2 heteroatoms. The van der Waals surface area contributed by atoms with Crippen LogP contribution in [0.15, 0.2) is 36.5 Å². The van der Waals surface area contributed by atoms with E-state index >= 15 is 0 Å². The van der Waals surface area contributed by atoms with Gasteiger partial charge in [0.1, 0.15) is 0 Å². The van der Waals surface area contributed by atoms with Crippen LogP contribution in [0.2, 0.25) is 0 Å². The first-order valence-electron chi connectivity index (χ1n) is 7.53. The van der Waals surface area contributed by atoms with Gasteiger partial charge in [0.15, 0.2) is 0 Å². The third kappa shape index (κ3) is 3.25. The SMILES string of the molecule is c1cnc2ccc(NC3CCCCCCC3)cc2c1. The van der Waals surface area contributed by atoms with Crippen molar-refractivity contribution in [2.24, 2.45) is 0 Å². The normalized spacial score (nSPS) is 17.9.